The highest BCUT2D eigenvalue weighted by Crippen LogP contribution is 2.17. The first-order valence-electron chi connectivity index (χ1n) is 8.68. The molecule has 0 spiro atoms. The van der Waals surface area contributed by atoms with Crippen LogP contribution in [0, 0.1) is 0 Å². The topological polar surface area (TPSA) is 58.6 Å². The lowest BCUT2D eigenvalue weighted by atomic mass is 10.0. The van der Waals surface area contributed by atoms with Gasteiger partial charge < -0.3 is 9.64 Å². The van der Waals surface area contributed by atoms with Crippen molar-refractivity contribution in [1.82, 2.24) is 20.0 Å². The summed E-state index contributed by atoms with van der Waals surface area (Å²) in [5, 5.41) is 7.50. The van der Waals surface area contributed by atoms with Crippen LogP contribution in [-0.4, -0.2) is 65.2 Å². The van der Waals surface area contributed by atoms with Gasteiger partial charge in [-0.15, -0.1) is 0 Å². The number of amides is 1. The Kier molecular flexibility index (Phi) is 5.95. The SMILES string of the molecule is CN(CCOc1ccccc1)C1CCN(C(=O)c2ccnnc2)CC1. The predicted octanol–water partition coefficient (Wildman–Crippen LogP) is 2.09. The molecule has 0 bridgehead atoms. The monoisotopic (exact) mass is 340 g/mol. The molecule has 0 unspecified atom stereocenters. The maximum Gasteiger partial charge on any atom is 0.255 e. The van der Waals surface area contributed by atoms with E-state index in [9.17, 15) is 4.79 Å². The summed E-state index contributed by atoms with van der Waals surface area (Å²) in [7, 11) is 2.13. The number of carbonyl (C=O) groups excluding carboxylic acids is 1. The first-order chi connectivity index (χ1) is 12.2. The summed E-state index contributed by atoms with van der Waals surface area (Å²) in [5.74, 6) is 0.950. The summed E-state index contributed by atoms with van der Waals surface area (Å²) in [6.07, 6.45) is 5.04. The molecule has 0 aliphatic carbocycles. The number of likely N-dealkylation sites (tertiary alicyclic amines) is 1. The Hall–Kier alpha value is -2.47. The van der Waals surface area contributed by atoms with Crippen molar-refractivity contribution in [2.24, 2.45) is 0 Å². The Morgan fingerprint density at radius 1 is 1.20 bits per heavy atom. The van der Waals surface area contributed by atoms with E-state index >= 15 is 0 Å². The number of piperidine rings is 1. The van der Waals surface area contributed by atoms with Crippen LogP contribution in [-0.2, 0) is 0 Å². The third-order valence-corrected chi connectivity index (χ3v) is 4.66. The van der Waals surface area contributed by atoms with Crippen molar-refractivity contribution in [2.45, 2.75) is 18.9 Å². The fourth-order valence-corrected chi connectivity index (χ4v) is 3.12. The molecule has 0 atom stereocenters. The highest BCUT2D eigenvalue weighted by atomic mass is 16.5. The van der Waals surface area contributed by atoms with E-state index in [0.29, 0.717) is 18.2 Å². The van der Waals surface area contributed by atoms with Crippen LogP contribution >= 0.6 is 0 Å². The Morgan fingerprint density at radius 3 is 2.64 bits per heavy atom. The summed E-state index contributed by atoms with van der Waals surface area (Å²) in [6, 6.07) is 12.1. The zero-order valence-electron chi connectivity index (χ0n) is 14.5. The molecule has 0 radical (unpaired) electrons. The Balaban J connectivity index is 1.41. The van der Waals surface area contributed by atoms with Crippen LogP contribution in [0.3, 0.4) is 0 Å². The molecule has 0 N–H and O–H groups in total. The van der Waals surface area contributed by atoms with Crippen molar-refractivity contribution >= 4 is 5.91 Å². The van der Waals surface area contributed by atoms with E-state index in [1.54, 1.807) is 12.3 Å². The molecule has 1 aromatic heterocycles. The van der Waals surface area contributed by atoms with Crippen molar-refractivity contribution in [3.63, 3.8) is 0 Å². The zero-order valence-corrected chi connectivity index (χ0v) is 14.5. The molecule has 6 nitrogen and oxygen atoms in total. The van der Waals surface area contributed by atoms with Gasteiger partial charge in [0.1, 0.15) is 12.4 Å². The van der Waals surface area contributed by atoms with Crippen LogP contribution in [0.25, 0.3) is 0 Å². The summed E-state index contributed by atoms with van der Waals surface area (Å²) >= 11 is 0. The van der Waals surface area contributed by atoms with Crippen molar-refractivity contribution in [1.29, 1.82) is 0 Å². The third-order valence-electron chi connectivity index (χ3n) is 4.66. The van der Waals surface area contributed by atoms with Crippen molar-refractivity contribution in [3.05, 3.63) is 54.4 Å². The van der Waals surface area contributed by atoms with Gasteiger partial charge in [0.25, 0.3) is 5.91 Å². The molecule has 2 heterocycles. The minimum absolute atomic E-state index is 0.0448. The fourth-order valence-electron chi connectivity index (χ4n) is 3.12. The molecule has 0 saturated carbocycles. The summed E-state index contributed by atoms with van der Waals surface area (Å²) in [5.41, 5.74) is 0.609. The number of likely N-dealkylation sites (N-methyl/N-ethyl adjacent to an activating group) is 1. The Morgan fingerprint density at radius 2 is 1.96 bits per heavy atom. The number of para-hydroxylation sites is 1. The largest absolute Gasteiger partial charge is 0.492 e. The number of hydrogen-bond donors (Lipinski definition) is 0. The molecule has 1 aliphatic heterocycles. The first-order valence-corrected chi connectivity index (χ1v) is 8.68. The second-order valence-electron chi connectivity index (χ2n) is 6.30. The van der Waals surface area contributed by atoms with E-state index in [2.05, 4.69) is 22.1 Å². The second-order valence-corrected chi connectivity index (χ2v) is 6.30. The van der Waals surface area contributed by atoms with Crippen LogP contribution < -0.4 is 4.74 Å². The number of aromatic nitrogens is 2. The summed E-state index contributed by atoms with van der Waals surface area (Å²) in [4.78, 5) is 16.7. The first kappa shape index (κ1) is 17.4. The van der Waals surface area contributed by atoms with Crippen molar-refractivity contribution < 1.29 is 9.53 Å². The number of carbonyl (C=O) groups is 1. The lowest BCUT2D eigenvalue weighted by Crippen LogP contribution is -2.46. The smallest absolute Gasteiger partial charge is 0.255 e. The normalized spacial score (nSPS) is 15.4. The van der Waals surface area contributed by atoms with Crippen LogP contribution in [0.1, 0.15) is 23.2 Å². The van der Waals surface area contributed by atoms with Gasteiger partial charge in [0.15, 0.2) is 0 Å². The van der Waals surface area contributed by atoms with Gasteiger partial charge in [0.05, 0.1) is 18.0 Å². The molecular formula is C19H24N4O2. The van der Waals surface area contributed by atoms with Gasteiger partial charge in [-0.3, -0.25) is 9.69 Å². The minimum Gasteiger partial charge on any atom is -0.492 e. The van der Waals surface area contributed by atoms with Crippen LogP contribution in [0.4, 0.5) is 0 Å². The molecule has 1 amide bonds. The minimum atomic E-state index is 0.0448. The number of ether oxygens (including phenoxy) is 1. The molecule has 3 rings (SSSR count). The average molecular weight is 340 g/mol. The molecule has 6 heteroatoms. The van der Waals surface area contributed by atoms with Gasteiger partial charge in [0, 0.05) is 25.7 Å². The van der Waals surface area contributed by atoms with Crippen molar-refractivity contribution in [3.8, 4) is 5.75 Å². The molecule has 25 heavy (non-hydrogen) atoms. The fraction of sp³-hybridized carbons (Fsp3) is 0.421. The lowest BCUT2D eigenvalue weighted by molar-refractivity contribution is 0.0632. The third kappa shape index (κ3) is 4.76. The van der Waals surface area contributed by atoms with Crippen molar-refractivity contribution in [2.75, 3.05) is 33.3 Å². The maximum atomic E-state index is 12.4. The molecule has 1 aliphatic rings. The van der Waals surface area contributed by atoms with Gasteiger partial charge in [-0.2, -0.15) is 10.2 Å². The van der Waals surface area contributed by atoms with Crippen LogP contribution in [0.5, 0.6) is 5.75 Å². The average Bonchev–Trinajstić information content (AvgIpc) is 2.69. The second kappa shape index (κ2) is 8.58. The lowest BCUT2D eigenvalue weighted by Gasteiger charge is -2.36. The standard InChI is InChI=1S/C19H24N4O2/c1-22(13-14-25-18-5-3-2-4-6-18)17-8-11-23(12-9-17)19(24)16-7-10-20-21-15-16/h2-7,10,15,17H,8-9,11-14H2,1H3. The van der Waals surface area contributed by atoms with Gasteiger partial charge in [0.2, 0.25) is 0 Å². The quantitative estimate of drug-likeness (QED) is 0.806. The predicted molar refractivity (Wildman–Crippen MR) is 95.5 cm³/mol. The molecule has 1 aromatic carbocycles. The summed E-state index contributed by atoms with van der Waals surface area (Å²) < 4.78 is 5.77. The van der Waals surface area contributed by atoms with E-state index in [1.807, 2.05) is 35.2 Å². The Bertz CT molecular complexity index is 658. The molecule has 1 saturated heterocycles. The van der Waals surface area contributed by atoms with E-state index in [1.165, 1.54) is 6.20 Å². The number of hydrogen-bond acceptors (Lipinski definition) is 5. The molecule has 1 fully saturated rings. The number of rotatable bonds is 6. The molecule has 2 aromatic rings. The highest BCUT2D eigenvalue weighted by molar-refractivity contribution is 5.93. The van der Waals surface area contributed by atoms with E-state index < -0.39 is 0 Å². The number of nitrogens with zero attached hydrogens (tertiary/aromatic N) is 4. The summed E-state index contributed by atoms with van der Waals surface area (Å²) in [6.45, 7) is 3.09. The van der Waals surface area contributed by atoms with Crippen LogP contribution in [0.15, 0.2) is 48.8 Å². The van der Waals surface area contributed by atoms with E-state index in [-0.39, 0.29) is 5.91 Å². The van der Waals surface area contributed by atoms with Gasteiger partial charge >= 0.3 is 0 Å². The Labute approximate surface area is 148 Å². The molecule has 132 valence electrons. The highest BCUT2D eigenvalue weighted by Gasteiger charge is 2.25. The van der Waals surface area contributed by atoms with Gasteiger partial charge in [-0.05, 0) is 38.1 Å². The maximum absolute atomic E-state index is 12.4. The van der Waals surface area contributed by atoms with Gasteiger partial charge in [-0.1, -0.05) is 18.2 Å². The molecular weight excluding hydrogens is 316 g/mol. The van der Waals surface area contributed by atoms with Crippen LogP contribution in [0.2, 0.25) is 0 Å². The van der Waals surface area contributed by atoms with E-state index in [4.69, 9.17) is 4.74 Å². The zero-order chi connectivity index (χ0) is 17.5. The van der Waals surface area contributed by atoms with Gasteiger partial charge in [-0.25, -0.2) is 0 Å². The number of benzene rings is 1. The van der Waals surface area contributed by atoms with E-state index in [0.717, 1.165) is 38.2 Å².